The van der Waals surface area contributed by atoms with Crippen LogP contribution in [0, 0.1) is 0 Å². The Morgan fingerprint density at radius 3 is 2.47 bits per heavy atom. The molecule has 0 fully saturated rings. The summed E-state index contributed by atoms with van der Waals surface area (Å²) in [7, 11) is -3.94. The molecule has 0 saturated carbocycles. The Morgan fingerprint density at radius 2 is 1.79 bits per heavy atom. The van der Waals surface area contributed by atoms with Gasteiger partial charge >= 0.3 is 6.18 Å². The molecule has 0 aliphatic heterocycles. The third-order valence-corrected chi connectivity index (χ3v) is 7.36. The van der Waals surface area contributed by atoms with E-state index in [0.717, 1.165) is 46.3 Å². The van der Waals surface area contributed by atoms with Crippen molar-refractivity contribution in [2.24, 2.45) is 0 Å². The number of amides is 1. The van der Waals surface area contributed by atoms with E-state index in [1.54, 1.807) is 0 Å². The van der Waals surface area contributed by atoms with Crippen LogP contribution in [0.2, 0.25) is 5.02 Å². The Balaban J connectivity index is 1.48. The topological polar surface area (TPSA) is 66.5 Å². The fourth-order valence-corrected chi connectivity index (χ4v) is 5.54. The van der Waals surface area contributed by atoms with Gasteiger partial charge < -0.3 is 5.32 Å². The largest absolute Gasteiger partial charge is 0.416 e. The molecule has 180 valence electrons. The van der Waals surface area contributed by atoms with Crippen molar-refractivity contribution >= 4 is 49.7 Å². The Morgan fingerprint density at radius 1 is 1.09 bits per heavy atom. The molecule has 0 bridgehead atoms. The normalized spacial score (nSPS) is 13.3. The van der Waals surface area contributed by atoms with Gasteiger partial charge in [0, 0.05) is 24.0 Å². The second-order valence-electron chi connectivity index (χ2n) is 8.26. The lowest BCUT2D eigenvalue weighted by Gasteiger charge is -2.24. The molecule has 3 aromatic carbocycles. The van der Waals surface area contributed by atoms with Crippen LogP contribution in [0.4, 0.5) is 24.5 Å². The van der Waals surface area contributed by atoms with Gasteiger partial charge in [-0.25, -0.2) is 8.42 Å². The lowest BCUT2D eigenvalue weighted by Crippen LogP contribution is -2.32. The summed E-state index contributed by atoms with van der Waals surface area (Å²) in [5, 5.41) is 4.86. The van der Waals surface area contributed by atoms with Crippen LogP contribution < -0.4 is 9.62 Å². The maximum atomic E-state index is 13.1. The number of carbonyl (C=O) groups excluding carboxylic acids is 1. The number of aryl methyl sites for hydroxylation is 2. The van der Waals surface area contributed by atoms with Crippen molar-refractivity contribution in [3.63, 3.8) is 0 Å². The minimum atomic E-state index is -4.65. The highest BCUT2D eigenvalue weighted by atomic mass is 35.5. The summed E-state index contributed by atoms with van der Waals surface area (Å²) in [6.07, 6.45) is -1.77. The average molecular weight is 511 g/mol. The maximum Gasteiger partial charge on any atom is 0.416 e. The molecule has 0 saturated heterocycles. The minimum absolute atomic E-state index is 0.0223. The SMILES string of the molecule is CS(=O)(=O)N(CCCC(=O)Nc1ccc2c3c(cccc13)CC2)c1cc(C(F)(F)F)ccc1Cl. The smallest absolute Gasteiger partial charge is 0.326 e. The quantitative estimate of drug-likeness (QED) is 0.437. The first-order chi connectivity index (χ1) is 15.9. The summed E-state index contributed by atoms with van der Waals surface area (Å²) < 4.78 is 64.8. The van der Waals surface area contributed by atoms with Crippen molar-refractivity contribution in [3.8, 4) is 0 Å². The van der Waals surface area contributed by atoms with Crippen LogP contribution >= 0.6 is 11.6 Å². The van der Waals surface area contributed by atoms with E-state index in [4.69, 9.17) is 11.6 Å². The Hall–Kier alpha value is -2.78. The van der Waals surface area contributed by atoms with Crippen molar-refractivity contribution in [1.29, 1.82) is 0 Å². The number of sulfonamides is 1. The van der Waals surface area contributed by atoms with Crippen LogP contribution in [0.3, 0.4) is 0 Å². The molecular formula is C24H22ClF3N2O3S. The number of halogens is 4. The Kier molecular flexibility index (Phi) is 6.52. The van der Waals surface area contributed by atoms with Gasteiger partial charge in [0.25, 0.3) is 0 Å². The predicted molar refractivity (Wildman–Crippen MR) is 128 cm³/mol. The zero-order chi connectivity index (χ0) is 24.7. The molecule has 0 heterocycles. The highest BCUT2D eigenvalue weighted by Crippen LogP contribution is 2.37. The molecule has 1 amide bonds. The van der Waals surface area contributed by atoms with Gasteiger partial charge in [-0.2, -0.15) is 13.2 Å². The van der Waals surface area contributed by atoms with E-state index >= 15 is 0 Å². The second-order valence-corrected chi connectivity index (χ2v) is 10.6. The molecule has 4 rings (SSSR count). The first-order valence-electron chi connectivity index (χ1n) is 10.6. The van der Waals surface area contributed by atoms with E-state index in [1.165, 1.54) is 11.1 Å². The van der Waals surface area contributed by atoms with Gasteiger partial charge in [0.15, 0.2) is 0 Å². The van der Waals surface area contributed by atoms with Crippen LogP contribution in [0.1, 0.15) is 29.5 Å². The number of rotatable bonds is 7. The first-order valence-corrected chi connectivity index (χ1v) is 12.9. The van der Waals surface area contributed by atoms with Crippen molar-refractivity contribution in [2.75, 3.05) is 22.4 Å². The van der Waals surface area contributed by atoms with Gasteiger partial charge in [-0.3, -0.25) is 9.10 Å². The Bertz CT molecular complexity index is 1360. The molecule has 3 aromatic rings. The minimum Gasteiger partial charge on any atom is -0.326 e. The number of benzene rings is 3. The average Bonchev–Trinajstić information content (AvgIpc) is 3.17. The predicted octanol–water partition coefficient (Wildman–Crippen LogP) is 5.80. The zero-order valence-corrected chi connectivity index (χ0v) is 19.8. The van der Waals surface area contributed by atoms with Crippen LogP contribution in [-0.2, 0) is 33.8 Å². The molecular weight excluding hydrogens is 489 g/mol. The van der Waals surface area contributed by atoms with Gasteiger partial charge in [-0.15, -0.1) is 0 Å². The molecule has 0 unspecified atom stereocenters. The lowest BCUT2D eigenvalue weighted by atomic mass is 10.0. The Labute approximate surface area is 200 Å². The van der Waals surface area contributed by atoms with Gasteiger partial charge in [0.05, 0.1) is 22.5 Å². The fraction of sp³-hybridized carbons (Fsp3) is 0.292. The molecule has 0 atom stereocenters. The third kappa shape index (κ3) is 5.00. The van der Waals surface area contributed by atoms with Crippen molar-refractivity contribution in [1.82, 2.24) is 0 Å². The third-order valence-electron chi connectivity index (χ3n) is 5.86. The highest BCUT2D eigenvalue weighted by molar-refractivity contribution is 7.92. The standard InChI is InChI=1S/C24H22ClF3N2O3S/c1-34(32,33)30(21-14-17(24(26,27)28)10-11-19(21)25)13-3-6-22(31)29-20-12-9-16-8-7-15-4-2-5-18(20)23(15)16/h2,4-5,9-12,14H,3,6-8,13H2,1H3,(H,29,31). The van der Waals surface area contributed by atoms with Gasteiger partial charge in [0.2, 0.25) is 15.9 Å². The first kappa shape index (κ1) is 24.3. The molecule has 34 heavy (non-hydrogen) atoms. The van der Waals surface area contributed by atoms with Gasteiger partial charge in [-0.1, -0.05) is 35.9 Å². The van der Waals surface area contributed by atoms with Crippen molar-refractivity contribution < 1.29 is 26.4 Å². The maximum absolute atomic E-state index is 13.1. The van der Waals surface area contributed by atoms with E-state index in [9.17, 15) is 26.4 Å². The monoisotopic (exact) mass is 510 g/mol. The number of hydrogen-bond donors (Lipinski definition) is 1. The molecule has 0 aromatic heterocycles. The van der Waals surface area contributed by atoms with E-state index in [-0.39, 0.29) is 36.0 Å². The van der Waals surface area contributed by atoms with Gasteiger partial charge in [0.1, 0.15) is 0 Å². The molecule has 5 nitrogen and oxygen atoms in total. The zero-order valence-electron chi connectivity index (χ0n) is 18.2. The van der Waals surface area contributed by atoms with Gasteiger partial charge in [-0.05, 0) is 60.0 Å². The molecule has 0 spiro atoms. The summed E-state index contributed by atoms with van der Waals surface area (Å²) in [4.78, 5) is 12.6. The second kappa shape index (κ2) is 9.11. The summed E-state index contributed by atoms with van der Waals surface area (Å²) in [5.74, 6) is -0.317. The number of alkyl halides is 3. The van der Waals surface area contributed by atoms with Crippen LogP contribution in [0.25, 0.3) is 10.8 Å². The van der Waals surface area contributed by atoms with Crippen molar-refractivity contribution in [2.45, 2.75) is 31.9 Å². The number of carbonyl (C=O) groups is 1. The van der Waals surface area contributed by atoms with Crippen molar-refractivity contribution in [3.05, 3.63) is 70.2 Å². The summed E-state index contributed by atoms with van der Waals surface area (Å²) >= 11 is 6.03. The molecule has 0 radical (unpaired) electrons. The summed E-state index contributed by atoms with van der Waals surface area (Å²) in [6.45, 7) is -0.197. The van der Waals surface area contributed by atoms with Crippen LogP contribution in [0.5, 0.6) is 0 Å². The number of nitrogens with one attached hydrogen (secondary N) is 1. The van der Waals surface area contributed by atoms with E-state index < -0.39 is 21.8 Å². The molecule has 1 aliphatic rings. The number of anilines is 2. The fourth-order valence-electron chi connectivity index (χ4n) is 4.30. The summed E-state index contributed by atoms with van der Waals surface area (Å²) in [5.41, 5.74) is 1.88. The molecule has 1 aliphatic carbocycles. The lowest BCUT2D eigenvalue weighted by molar-refractivity contribution is -0.137. The number of nitrogens with zero attached hydrogens (tertiary/aromatic N) is 1. The highest BCUT2D eigenvalue weighted by Gasteiger charge is 2.32. The van der Waals surface area contributed by atoms with Crippen LogP contribution in [0.15, 0.2) is 48.5 Å². The van der Waals surface area contributed by atoms with E-state index in [1.807, 2.05) is 24.3 Å². The van der Waals surface area contributed by atoms with Crippen LogP contribution in [-0.4, -0.2) is 27.1 Å². The number of hydrogen-bond acceptors (Lipinski definition) is 3. The van der Waals surface area contributed by atoms with E-state index in [0.29, 0.717) is 11.8 Å². The molecule has 10 heteroatoms. The summed E-state index contributed by atoms with van der Waals surface area (Å²) in [6, 6.07) is 12.3. The molecule has 1 N–H and O–H groups in total. The van der Waals surface area contributed by atoms with E-state index in [2.05, 4.69) is 11.4 Å².